The molecule has 2 bridgehead atoms. The van der Waals surface area contributed by atoms with Gasteiger partial charge >= 0.3 is 0 Å². The molecule has 1 amide bonds. The van der Waals surface area contributed by atoms with Crippen LogP contribution in [-0.2, 0) is 4.79 Å². The molecule has 4 fully saturated rings. The monoisotopic (exact) mass is 397 g/mol. The number of rotatable bonds is 3. The van der Waals surface area contributed by atoms with Crippen LogP contribution in [0.1, 0.15) is 57.1 Å². The van der Waals surface area contributed by atoms with Gasteiger partial charge in [-0.15, -0.1) is 0 Å². The Kier molecular flexibility index (Phi) is 5.07. The predicted molar refractivity (Wildman–Crippen MR) is 114 cm³/mol. The molecule has 1 aromatic carbocycles. The molecule has 4 aliphatic rings. The molecule has 158 valence electrons. The molecular formula is C24H35N3O2. The van der Waals surface area contributed by atoms with Crippen molar-refractivity contribution in [3.63, 3.8) is 0 Å². The summed E-state index contributed by atoms with van der Waals surface area (Å²) in [5, 5.41) is 3.48. The highest BCUT2D eigenvalue weighted by Crippen LogP contribution is 2.45. The quantitative estimate of drug-likeness (QED) is 0.851. The highest BCUT2D eigenvalue weighted by Gasteiger charge is 2.48. The molecule has 5 rings (SSSR count). The minimum absolute atomic E-state index is 0.330. The van der Waals surface area contributed by atoms with Gasteiger partial charge in [0.1, 0.15) is 5.75 Å². The number of carbonyl (C=O) groups excluding carboxylic acids is 1. The molecule has 29 heavy (non-hydrogen) atoms. The van der Waals surface area contributed by atoms with Crippen LogP contribution in [0, 0.1) is 11.8 Å². The molecule has 0 saturated carbocycles. The Morgan fingerprint density at radius 3 is 2.69 bits per heavy atom. The van der Waals surface area contributed by atoms with Crippen LogP contribution in [0.5, 0.6) is 5.75 Å². The Labute approximate surface area is 174 Å². The fraction of sp³-hybridized carbons (Fsp3) is 0.708. The summed E-state index contributed by atoms with van der Waals surface area (Å²) in [5.41, 5.74) is 1.09. The number of piperidine rings is 3. The average molecular weight is 398 g/mol. The molecule has 0 unspecified atom stereocenters. The second-order valence-corrected chi connectivity index (χ2v) is 9.92. The van der Waals surface area contributed by atoms with Gasteiger partial charge in [0.15, 0.2) is 0 Å². The largest absolute Gasteiger partial charge is 0.497 e. The predicted octanol–water partition coefficient (Wildman–Crippen LogP) is 3.21. The van der Waals surface area contributed by atoms with Gasteiger partial charge in [0.05, 0.1) is 12.6 Å². The van der Waals surface area contributed by atoms with E-state index in [0.29, 0.717) is 29.8 Å². The third-order valence-electron chi connectivity index (χ3n) is 8.02. The second kappa shape index (κ2) is 7.59. The van der Waals surface area contributed by atoms with E-state index in [9.17, 15) is 4.79 Å². The van der Waals surface area contributed by atoms with Gasteiger partial charge in [-0.25, -0.2) is 0 Å². The van der Waals surface area contributed by atoms with E-state index in [1.54, 1.807) is 7.11 Å². The van der Waals surface area contributed by atoms with E-state index in [1.807, 2.05) is 0 Å². The fourth-order valence-corrected chi connectivity index (χ4v) is 6.58. The van der Waals surface area contributed by atoms with Crippen molar-refractivity contribution in [2.24, 2.45) is 11.8 Å². The number of benzene rings is 1. The number of ether oxygens (including phenoxy) is 1. The number of carbonyl (C=O) groups is 1. The summed E-state index contributed by atoms with van der Waals surface area (Å²) in [5.74, 6) is 2.51. The molecule has 0 aliphatic carbocycles. The molecule has 5 nitrogen and oxygen atoms in total. The first-order valence-electron chi connectivity index (χ1n) is 11.5. The number of nitrogens with zero attached hydrogens (tertiary/aromatic N) is 2. The number of nitrogens with one attached hydrogen (secondary N) is 1. The van der Waals surface area contributed by atoms with E-state index in [0.717, 1.165) is 44.8 Å². The molecule has 0 aromatic heterocycles. The van der Waals surface area contributed by atoms with Gasteiger partial charge < -0.3 is 15.0 Å². The third kappa shape index (κ3) is 3.46. The maximum absolute atomic E-state index is 13.3. The van der Waals surface area contributed by atoms with Crippen LogP contribution < -0.4 is 10.1 Å². The van der Waals surface area contributed by atoms with Gasteiger partial charge in [-0.1, -0.05) is 12.1 Å². The van der Waals surface area contributed by atoms with E-state index in [2.05, 4.69) is 46.3 Å². The molecular weight excluding hydrogens is 362 g/mol. The minimum atomic E-state index is -0.330. The number of hydrogen-bond donors (Lipinski definition) is 1. The molecule has 5 heteroatoms. The summed E-state index contributed by atoms with van der Waals surface area (Å²) in [7, 11) is 1.73. The molecule has 1 N–H and O–H groups in total. The number of amides is 1. The first kappa shape index (κ1) is 19.4. The van der Waals surface area contributed by atoms with Crippen molar-refractivity contribution in [1.29, 1.82) is 0 Å². The topological polar surface area (TPSA) is 44.8 Å². The first-order chi connectivity index (χ1) is 14.1. The Hall–Kier alpha value is -1.59. The first-order valence-corrected chi connectivity index (χ1v) is 11.5. The standard InChI is InChI=1S/C24H35N3O2/c1-24(11-4-12-25-24)23(28)26-14-17-13-19(16-26)22-6-3-5-21(27(22)15-17)18-7-9-20(29-2)10-8-18/h7-10,17,19,21-22,25H,3-6,11-16H2,1-2H3/t17-,19+,21+,22-,24-/m0/s1. The van der Waals surface area contributed by atoms with E-state index >= 15 is 0 Å². The zero-order valence-electron chi connectivity index (χ0n) is 17.9. The summed E-state index contributed by atoms with van der Waals surface area (Å²) >= 11 is 0. The van der Waals surface area contributed by atoms with Crippen LogP contribution in [0.15, 0.2) is 24.3 Å². The normalized spacial score (nSPS) is 37.2. The Morgan fingerprint density at radius 2 is 1.97 bits per heavy atom. The van der Waals surface area contributed by atoms with Gasteiger partial charge in [0.25, 0.3) is 0 Å². The van der Waals surface area contributed by atoms with Crippen LogP contribution in [0.3, 0.4) is 0 Å². The number of methoxy groups -OCH3 is 1. The van der Waals surface area contributed by atoms with Crippen LogP contribution >= 0.6 is 0 Å². The van der Waals surface area contributed by atoms with Crippen molar-refractivity contribution < 1.29 is 9.53 Å². The smallest absolute Gasteiger partial charge is 0.242 e. The van der Waals surface area contributed by atoms with E-state index in [-0.39, 0.29) is 5.54 Å². The SMILES string of the molecule is COc1ccc([C@H]2CCC[C@H]3[C@@H]4C[C@@H](CN(C(=O)[C@]5(C)CCCN5)C4)CN23)cc1. The van der Waals surface area contributed by atoms with Crippen LogP contribution in [0.2, 0.25) is 0 Å². The van der Waals surface area contributed by atoms with Gasteiger partial charge in [0, 0.05) is 31.7 Å². The van der Waals surface area contributed by atoms with Gasteiger partial charge in [-0.05, 0) is 81.5 Å². The maximum Gasteiger partial charge on any atom is 0.242 e. The Bertz CT molecular complexity index is 743. The lowest BCUT2D eigenvalue weighted by molar-refractivity contribution is -0.145. The molecule has 4 aliphatic heterocycles. The van der Waals surface area contributed by atoms with Crippen molar-refractivity contribution in [2.75, 3.05) is 33.3 Å². The van der Waals surface area contributed by atoms with Crippen LogP contribution in [0.4, 0.5) is 0 Å². The fourth-order valence-electron chi connectivity index (χ4n) is 6.58. The van der Waals surface area contributed by atoms with Gasteiger partial charge in [-0.2, -0.15) is 0 Å². The van der Waals surface area contributed by atoms with Crippen molar-refractivity contribution in [2.45, 2.75) is 63.1 Å². The van der Waals surface area contributed by atoms with Crippen molar-refractivity contribution >= 4 is 5.91 Å². The lowest BCUT2D eigenvalue weighted by Crippen LogP contribution is -2.63. The van der Waals surface area contributed by atoms with Crippen LogP contribution in [-0.4, -0.2) is 60.6 Å². The minimum Gasteiger partial charge on any atom is -0.497 e. The molecule has 4 heterocycles. The van der Waals surface area contributed by atoms with Gasteiger partial charge in [-0.3, -0.25) is 9.69 Å². The van der Waals surface area contributed by atoms with Crippen molar-refractivity contribution in [3.05, 3.63) is 29.8 Å². The second-order valence-electron chi connectivity index (χ2n) is 9.92. The summed E-state index contributed by atoms with van der Waals surface area (Å²) in [6.45, 7) is 6.10. The summed E-state index contributed by atoms with van der Waals surface area (Å²) in [4.78, 5) is 18.3. The lowest BCUT2D eigenvalue weighted by atomic mass is 9.73. The zero-order chi connectivity index (χ0) is 20.0. The number of hydrogen-bond acceptors (Lipinski definition) is 4. The molecule has 5 atom stereocenters. The van der Waals surface area contributed by atoms with Crippen molar-refractivity contribution in [1.82, 2.24) is 15.1 Å². The number of fused-ring (bicyclic) bond motifs is 4. The van der Waals surface area contributed by atoms with Crippen molar-refractivity contribution in [3.8, 4) is 5.75 Å². The maximum atomic E-state index is 13.3. The summed E-state index contributed by atoms with van der Waals surface area (Å²) in [6, 6.07) is 9.82. The summed E-state index contributed by atoms with van der Waals surface area (Å²) < 4.78 is 5.35. The lowest BCUT2D eigenvalue weighted by Gasteiger charge is -2.55. The van der Waals surface area contributed by atoms with E-state index in [4.69, 9.17) is 4.74 Å². The Morgan fingerprint density at radius 1 is 1.14 bits per heavy atom. The Balaban J connectivity index is 1.33. The third-order valence-corrected chi connectivity index (χ3v) is 8.02. The van der Waals surface area contributed by atoms with Crippen LogP contribution in [0.25, 0.3) is 0 Å². The van der Waals surface area contributed by atoms with E-state index in [1.165, 1.54) is 31.2 Å². The average Bonchev–Trinajstić information content (AvgIpc) is 3.20. The molecule has 0 radical (unpaired) electrons. The summed E-state index contributed by atoms with van der Waals surface area (Å²) in [6.07, 6.45) is 7.20. The highest BCUT2D eigenvalue weighted by atomic mass is 16.5. The van der Waals surface area contributed by atoms with Gasteiger partial charge in [0.2, 0.25) is 5.91 Å². The highest BCUT2D eigenvalue weighted by molar-refractivity contribution is 5.86. The molecule has 0 spiro atoms. The molecule has 1 aromatic rings. The number of likely N-dealkylation sites (tertiary alicyclic amines) is 1. The zero-order valence-corrected chi connectivity index (χ0v) is 17.9. The molecule has 4 saturated heterocycles. The van der Waals surface area contributed by atoms with E-state index < -0.39 is 0 Å².